The Bertz CT molecular complexity index is 735. The Balaban J connectivity index is 1.57. The fraction of sp³-hybridized carbons (Fsp3) is 0.609. The van der Waals surface area contributed by atoms with E-state index in [0.717, 1.165) is 44.9 Å². The van der Waals surface area contributed by atoms with Crippen LogP contribution in [0.3, 0.4) is 0 Å². The minimum absolute atomic E-state index is 0.0158. The summed E-state index contributed by atoms with van der Waals surface area (Å²) in [6.45, 7) is 4.44. The molecule has 0 bridgehead atoms. The highest BCUT2D eigenvalue weighted by atomic mass is 16.5. The molecule has 0 aromatic heterocycles. The molecule has 26 heavy (non-hydrogen) atoms. The monoisotopic (exact) mass is 354 g/mol. The number of hydrogen-bond acceptors (Lipinski definition) is 3. The van der Waals surface area contributed by atoms with Crippen LogP contribution in [0.5, 0.6) is 5.75 Å². The molecule has 4 unspecified atom stereocenters. The third-order valence-electron chi connectivity index (χ3n) is 7.10. The first kappa shape index (κ1) is 17.6. The van der Waals surface area contributed by atoms with Crippen molar-refractivity contribution in [2.45, 2.75) is 71.3 Å². The molecule has 0 saturated heterocycles. The average Bonchev–Trinajstić information content (AvgIpc) is 2.96. The second-order valence-corrected chi connectivity index (χ2v) is 8.62. The van der Waals surface area contributed by atoms with E-state index in [9.17, 15) is 9.90 Å². The molecule has 0 heterocycles. The molecule has 3 aliphatic rings. The number of carbonyl (C=O) groups excluding carboxylic acids is 1. The summed E-state index contributed by atoms with van der Waals surface area (Å²) in [6.07, 6.45) is 10.3. The zero-order valence-electron chi connectivity index (χ0n) is 16.0. The molecule has 0 amide bonds. The van der Waals surface area contributed by atoms with Crippen molar-refractivity contribution < 1.29 is 14.6 Å². The van der Waals surface area contributed by atoms with Crippen molar-refractivity contribution in [3.63, 3.8) is 0 Å². The van der Waals surface area contributed by atoms with E-state index in [-0.39, 0.29) is 17.5 Å². The molecular weight excluding hydrogens is 324 g/mol. The number of carbonyl (C=O) groups is 1. The van der Waals surface area contributed by atoms with Gasteiger partial charge in [-0.1, -0.05) is 32.4 Å². The minimum atomic E-state index is -0.0158. The predicted molar refractivity (Wildman–Crippen MR) is 103 cm³/mol. The van der Waals surface area contributed by atoms with E-state index in [0.29, 0.717) is 24.0 Å². The smallest absolute Gasteiger partial charge is 0.306 e. The van der Waals surface area contributed by atoms with Gasteiger partial charge in [0.1, 0.15) is 11.9 Å². The number of rotatable bonds is 4. The molecule has 3 aliphatic carbocycles. The first-order chi connectivity index (χ1) is 12.5. The van der Waals surface area contributed by atoms with Crippen LogP contribution < -0.4 is 0 Å². The van der Waals surface area contributed by atoms with Gasteiger partial charge in [0.25, 0.3) is 0 Å². The summed E-state index contributed by atoms with van der Waals surface area (Å²) in [5.74, 6) is 1.50. The van der Waals surface area contributed by atoms with Crippen LogP contribution in [0.15, 0.2) is 24.3 Å². The van der Waals surface area contributed by atoms with Crippen LogP contribution in [0.1, 0.15) is 69.9 Å². The number of phenols is 1. The summed E-state index contributed by atoms with van der Waals surface area (Å²) >= 11 is 0. The number of hydrogen-bond donors (Lipinski definition) is 1. The van der Waals surface area contributed by atoms with Gasteiger partial charge in [0.15, 0.2) is 0 Å². The van der Waals surface area contributed by atoms with Gasteiger partial charge in [-0.25, -0.2) is 0 Å². The largest absolute Gasteiger partial charge is 0.508 e. The predicted octanol–water partition coefficient (Wildman–Crippen LogP) is 5.26. The van der Waals surface area contributed by atoms with Crippen molar-refractivity contribution in [2.24, 2.45) is 17.3 Å². The number of benzene rings is 1. The third kappa shape index (κ3) is 2.86. The van der Waals surface area contributed by atoms with Gasteiger partial charge in [0.2, 0.25) is 0 Å². The van der Waals surface area contributed by atoms with E-state index in [4.69, 9.17) is 4.74 Å². The van der Waals surface area contributed by atoms with E-state index in [1.165, 1.54) is 16.7 Å². The van der Waals surface area contributed by atoms with E-state index < -0.39 is 0 Å². The Morgan fingerprint density at radius 3 is 2.96 bits per heavy atom. The third-order valence-corrected chi connectivity index (χ3v) is 7.10. The number of phenolic OH excluding ortho intramolecular Hbond substituents is 1. The molecule has 0 spiro atoms. The fourth-order valence-corrected chi connectivity index (χ4v) is 5.65. The topological polar surface area (TPSA) is 46.5 Å². The van der Waals surface area contributed by atoms with E-state index in [2.05, 4.69) is 26.0 Å². The molecule has 4 atom stereocenters. The number of esters is 1. The molecule has 4 rings (SSSR count). The van der Waals surface area contributed by atoms with Crippen LogP contribution in [-0.4, -0.2) is 17.2 Å². The van der Waals surface area contributed by atoms with Gasteiger partial charge in [-0.05, 0) is 79.2 Å². The Labute approximate surface area is 156 Å². The van der Waals surface area contributed by atoms with Crippen molar-refractivity contribution in [1.29, 1.82) is 0 Å². The maximum absolute atomic E-state index is 12.2. The van der Waals surface area contributed by atoms with Gasteiger partial charge in [0.05, 0.1) is 0 Å². The summed E-state index contributed by atoms with van der Waals surface area (Å²) in [5.41, 5.74) is 4.14. The van der Waals surface area contributed by atoms with Crippen LogP contribution in [0.25, 0.3) is 5.57 Å². The number of unbranched alkanes of at least 4 members (excludes halogenated alkanes) is 1. The Morgan fingerprint density at radius 1 is 1.31 bits per heavy atom. The number of aryl methyl sites for hydroxylation is 1. The summed E-state index contributed by atoms with van der Waals surface area (Å²) in [7, 11) is 0. The first-order valence-corrected chi connectivity index (χ1v) is 10.2. The van der Waals surface area contributed by atoms with Crippen LogP contribution in [0.4, 0.5) is 0 Å². The standard InChI is InChI=1S/C23H30O3/c1-3-4-5-22(25)26-21-11-10-20-19-8-6-15-14-16(24)7-9-17(15)18(19)12-13-23(20,21)2/h7,9,12,14,19-21,24H,3-6,8,10-11,13H2,1-2H3. The van der Waals surface area contributed by atoms with Crippen molar-refractivity contribution >= 4 is 11.5 Å². The maximum Gasteiger partial charge on any atom is 0.306 e. The lowest BCUT2D eigenvalue weighted by atomic mass is 9.60. The van der Waals surface area contributed by atoms with Gasteiger partial charge >= 0.3 is 5.97 Å². The summed E-state index contributed by atoms with van der Waals surface area (Å²) < 4.78 is 5.95. The van der Waals surface area contributed by atoms with Crippen LogP contribution >= 0.6 is 0 Å². The van der Waals surface area contributed by atoms with Crippen LogP contribution in [0, 0.1) is 17.3 Å². The SMILES string of the molecule is CCCCC(=O)OC1CCC2C3CCc4cc(O)ccc4C3=CCC12C. The van der Waals surface area contributed by atoms with Crippen LogP contribution in [-0.2, 0) is 16.0 Å². The second kappa shape index (κ2) is 6.75. The Morgan fingerprint density at radius 2 is 2.15 bits per heavy atom. The highest BCUT2D eigenvalue weighted by molar-refractivity contribution is 5.74. The van der Waals surface area contributed by atoms with Gasteiger partial charge in [0, 0.05) is 11.8 Å². The highest BCUT2D eigenvalue weighted by Gasteiger charge is 2.53. The molecule has 1 aromatic carbocycles. The fourth-order valence-electron chi connectivity index (χ4n) is 5.65. The number of fused-ring (bicyclic) bond motifs is 5. The molecule has 1 aromatic rings. The normalized spacial score (nSPS) is 32.2. The minimum Gasteiger partial charge on any atom is -0.508 e. The summed E-state index contributed by atoms with van der Waals surface area (Å²) in [6, 6.07) is 5.82. The van der Waals surface area contributed by atoms with Crippen molar-refractivity contribution in [1.82, 2.24) is 0 Å². The lowest BCUT2D eigenvalue weighted by molar-refractivity contribution is -0.155. The van der Waals surface area contributed by atoms with Crippen molar-refractivity contribution in [2.75, 3.05) is 0 Å². The zero-order chi connectivity index (χ0) is 18.3. The molecule has 1 saturated carbocycles. The van der Waals surface area contributed by atoms with Crippen molar-refractivity contribution in [3.8, 4) is 5.75 Å². The zero-order valence-corrected chi connectivity index (χ0v) is 16.0. The first-order valence-electron chi connectivity index (χ1n) is 10.2. The summed E-state index contributed by atoms with van der Waals surface area (Å²) in [4.78, 5) is 12.2. The summed E-state index contributed by atoms with van der Waals surface area (Å²) in [5, 5.41) is 9.79. The average molecular weight is 354 g/mol. The van der Waals surface area contributed by atoms with Gasteiger partial charge < -0.3 is 9.84 Å². The number of allylic oxidation sites excluding steroid dienone is 2. The molecule has 0 aliphatic heterocycles. The van der Waals surface area contributed by atoms with Gasteiger partial charge in [-0.2, -0.15) is 0 Å². The second-order valence-electron chi connectivity index (χ2n) is 8.62. The number of aromatic hydroxyl groups is 1. The Hall–Kier alpha value is -1.77. The quantitative estimate of drug-likeness (QED) is 0.750. The van der Waals surface area contributed by atoms with Crippen LogP contribution in [0.2, 0.25) is 0 Å². The highest BCUT2D eigenvalue weighted by Crippen LogP contribution is 2.59. The lowest BCUT2D eigenvalue weighted by Gasteiger charge is -2.46. The number of ether oxygens (including phenoxy) is 1. The van der Waals surface area contributed by atoms with Gasteiger partial charge in [-0.15, -0.1) is 0 Å². The molecule has 140 valence electrons. The van der Waals surface area contributed by atoms with E-state index in [1.807, 2.05) is 12.1 Å². The molecule has 0 radical (unpaired) electrons. The van der Waals surface area contributed by atoms with E-state index in [1.54, 1.807) is 0 Å². The molecule has 1 fully saturated rings. The maximum atomic E-state index is 12.2. The van der Waals surface area contributed by atoms with Crippen molar-refractivity contribution in [3.05, 3.63) is 35.4 Å². The molecule has 1 N–H and O–H groups in total. The molecular formula is C23H30O3. The van der Waals surface area contributed by atoms with Gasteiger partial charge in [-0.3, -0.25) is 4.79 Å². The Kier molecular flexibility index (Phi) is 4.58. The van der Waals surface area contributed by atoms with E-state index >= 15 is 0 Å². The molecule has 3 nitrogen and oxygen atoms in total. The lowest BCUT2D eigenvalue weighted by Crippen LogP contribution is -2.41. The molecule has 3 heteroatoms.